The van der Waals surface area contributed by atoms with Crippen LogP contribution in [-0.2, 0) is 22.3 Å². The van der Waals surface area contributed by atoms with E-state index in [1.54, 1.807) is 18.3 Å². The Hall–Kier alpha value is -3.92. The van der Waals surface area contributed by atoms with Crippen molar-refractivity contribution in [1.82, 2.24) is 9.88 Å². The summed E-state index contributed by atoms with van der Waals surface area (Å²) in [7, 11) is 0. The maximum absolute atomic E-state index is 13.2. The molecule has 10 heteroatoms. The largest absolute Gasteiger partial charge is 0.466 e. The summed E-state index contributed by atoms with van der Waals surface area (Å²) < 4.78 is 44.7. The van der Waals surface area contributed by atoms with Crippen LogP contribution in [0.5, 0.6) is 0 Å². The summed E-state index contributed by atoms with van der Waals surface area (Å²) in [6.45, 7) is 7.40. The van der Waals surface area contributed by atoms with Gasteiger partial charge in [-0.05, 0) is 99.2 Å². The highest BCUT2D eigenvalue weighted by Crippen LogP contribution is 2.34. The number of likely N-dealkylation sites (tertiary alicyclic amines) is 1. The molecule has 2 aromatic carbocycles. The van der Waals surface area contributed by atoms with Gasteiger partial charge in [0, 0.05) is 48.7 Å². The van der Waals surface area contributed by atoms with Crippen LogP contribution in [0.2, 0.25) is 0 Å². The number of hydrogen-bond acceptors (Lipinski definition) is 6. The maximum Gasteiger partial charge on any atom is 0.416 e. The summed E-state index contributed by atoms with van der Waals surface area (Å²) in [6.07, 6.45) is 1.92. The second-order valence-corrected chi connectivity index (χ2v) is 11.5. The lowest BCUT2D eigenvalue weighted by Crippen LogP contribution is -2.37. The Balaban J connectivity index is 1.30. The quantitative estimate of drug-likeness (QED) is 0.260. The second-order valence-electron chi connectivity index (χ2n) is 11.5. The van der Waals surface area contributed by atoms with Crippen LogP contribution in [-0.4, -0.2) is 54.0 Å². The zero-order valence-electron chi connectivity index (χ0n) is 25.2. The van der Waals surface area contributed by atoms with Crippen molar-refractivity contribution in [3.05, 3.63) is 77.5 Å². The number of pyridine rings is 1. The molecule has 2 fully saturated rings. The average molecular weight is 609 g/mol. The third-order valence-electron chi connectivity index (χ3n) is 8.71. The van der Waals surface area contributed by atoms with Gasteiger partial charge >= 0.3 is 12.1 Å². The molecule has 7 nitrogen and oxygen atoms in total. The zero-order chi connectivity index (χ0) is 31.3. The minimum absolute atomic E-state index is 0.0717. The van der Waals surface area contributed by atoms with E-state index in [2.05, 4.69) is 27.0 Å². The van der Waals surface area contributed by atoms with Crippen LogP contribution >= 0.6 is 0 Å². The van der Waals surface area contributed by atoms with Crippen LogP contribution in [0.4, 0.5) is 24.7 Å². The number of nitrogens with zero attached hydrogens (tertiary/aromatic N) is 3. The van der Waals surface area contributed by atoms with Crippen molar-refractivity contribution >= 4 is 23.4 Å². The monoisotopic (exact) mass is 608 g/mol. The first-order valence-corrected chi connectivity index (χ1v) is 15.4. The normalized spacial score (nSPS) is 17.9. The molecule has 0 spiro atoms. The van der Waals surface area contributed by atoms with Gasteiger partial charge in [-0.3, -0.25) is 14.5 Å². The van der Waals surface area contributed by atoms with Crippen molar-refractivity contribution in [2.24, 2.45) is 5.92 Å². The van der Waals surface area contributed by atoms with Gasteiger partial charge in [0.1, 0.15) is 5.82 Å². The lowest BCUT2D eigenvalue weighted by Gasteiger charge is -2.32. The predicted octanol–water partition coefficient (Wildman–Crippen LogP) is 7.17. The Bertz CT molecular complexity index is 1440. The minimum Gasteiger partial charge on any atom is -0.466 e. The lowest BCUT2D eigenvalue weighted by atomic mass is 9.96. The summed E-state index contributed by atoms with van der Waals surface area (Å²) in [5.74, 6) is -0.115. The molecule has 3 aromatic rings. The fourth-order valence-electron chi connectivity index (χ4n) is 6.22. The molecular weight excluding hydrogens is 569 g/mol. The van der Waals surface area contributed by atoms with Crippen molar-refractivity contribution in [1.29, 1.82) is 0 Å². The molecule has 1 atom stereocenters. The Morgan fingerprint density at radius 1 is 0.977 bits per heavy atom. The van der Waals surface area contributed by atoms with Crippen LogP contribution in [0, 0.1) is 5.92 Å². The smallest absolute Gasteiger partial charge is 0.416 e. The molecule has 0 saturated carbocycles. The minimum atomic E-state index is -4.41. The molecule has 1 aromatic heterocycles. The van der Waals surface area contributed by atoms with Gasteiger partial charge in [-0.25, -0.2) is 4.98 Å². The standard InChI is InChI=1S/C34H39F3N4O3/c1-3-28-6-5-17-41(28)22-26-20-31(38-21-30(26)23-7-11-27(12-8-23)34(35,36)37)39-32(42)24-9-13-29(14-10-24)40-18-15-25(16-19-40)33(43)44-4-2/h7-14,20-21,25,28H,3-6,15-19,22H2,1-2H3,(H,38,39,42)/t28-/m1/s1. The summed E-state index contributed by atoms with van der Waals surface area (Å²) in [5.41, 5.74) is 3.06. The van der Waals surface area contributed by atoms with E-state index in [0.29, 0.717) is 36.1 Å². The van der Waals surface area contributed by atoms with Crippen LogP contribution in [0.3, 0.4) is 0 Å². The van der Waals surface area contributed by atoms with E-state index in [9.17, 15) is 22.8 Å². The first-order valence-electron chi connectivity index (χ1n) is 15.4. The van der Waals surface area contributed by atoms with E-state index >= 15 is 0 Å². The van der Waals surface area contributed by atoms with E-state index in [1.807, 2.05) is 25.1 Å². The molecule has 1 amide bonds. The molecular formula is C34H39F3N4O3. The van der Waals surface area contributed by atoms with E-state index in [1.165, 1.54) is 12.1 Å². The van der Waals surface area contributed by atoms with Gasteiger partial charge in [-0.2, -0.15) is 13.2 Å². The van der Waals surface area contributed by atoms with Gasteiger partial charge in [-0.1, -0.05) is 19.1 Å². The van der Waals surface area contributed by atoms with Crippen molar-refractivity contribution in [3.8, 4) is 11.1 Å². The average Bonchev–Trinajstić information content (AvgIpc) is 3.48. The maximum atomic E-state index is 13.2. The number of alkyl halides is 3. The SMILES string of the molecule is CCOC(=O)C1CCN(c2ccc(C(=O)Nc3cc(CN4CCC[C@H]4CC)c(-c4ccc(C(F)(F)F)cc4)cn3)cc2)CC1. The lowest BCUT2D eigenvalue weighted by molar-refractivity contribution is -0.148. The number of benzene rings is 2. The van der Waals surface area contributed by atoms with E-state index in [-0.39, 0.29) is 17.8 Å². The molecule has 0 aliphatic carbocycles. The molecule has 2 aliphatic heterocycles. The Morgan fingerprint density at radius 2 is 1.68 bits per heavy atom. The molecule has 5 rings (SSSR count). The first-order chi connectivity index (χ1) is 21.2. The highest BCUT2D eigenvalue weighted by molar-refractivity contribution is 6.04. The van der Waals surface area contributed by atoms with Crippen LogP contribution < -0.4 is 10.2 Å². The molecule has 234 valence electrons. The molecule has 0 unspecified atom stereocenters. The number of rotatable bonds is 9. The van der Waals surface area contributed by atoms with Gasteiger partial charge in [0.2, 0.25) is 0 Å². The molecule has 2 aliphatic rings. The summed E-state index contributed by atoms with van der Waals surface area (Å²) in [4.78, 5) is 34.3. The molecule has 0 radical (unpaired) electrons. The topological polar surface area (TPSA) is 74.8 Å². The highest BCUT2D eigenvalue weighted by Gasteiger charge is 2.30. The third-order valence-corrected chi connectivity index (χ3v) is 8.71. The predicted molar refractivity (Wildman–Crippen MR) is 164 cm³/mol. The van der Waals surface area contributed by atoms with Crippen molar-refractivity contribution in [3.63, 3.8) is 0 Å². The Labute approximate surface area is 256 Å². The fourth-order valence-corrected chi connectivity index (χ4v) is 6.22. The molecule has 3 heterocycles. The second kappa shape index (κ2) is 13.8. The number of amides is 1. The molecule has 1 N–H and O–H groups in total. The number of hydrogen-bond donors (Lipinski definition) is 1. The summed E-state index contributed by atoms with van der Waals surface area (Å²) in [6, 6.07) is 14.8. The van der Waals surface area contributed by atoms with Crippen LogP contribution in [0.15, 0.2) is 60.8 Å². The Morgan fingerprint density at radius 3 is 2.32 bits per heavy atom. The number of piperidine rings is 1. The van der Waals surface area contributed by atoms with Gasteiger partial charge in [0.05, 0.1) is 18.1 Å². The van der Waals surface area contributed by atoms with Crippen molar-refractivity contribution < 1.29 is 27.5 Å². The van der Waals surface area contributed by atoms with Crippen molar-refractivity contribution in [2.75, 3.05) is 36.5 Å². The van der Waals surface area contributed by atoms with E-state index in [0.717, 1.165) is 80.7 Å². The van der Waals surface area contributed by atoms with Gasteiger partial charge < -0.3 is 15.0 Å². The molecule has 0 bridgehead atoms. The van der Waals surface area contributed by atoms with Crippen LogP contribution in [0.25, 0.3) is 11.1 Å². The number of carbonyl (C=O) groups is 2. The third kappa shape index (κ3) is 7.41. The van der Waals surface area contributed by atoms with Gasteiger partial charge in [0.15, 0.2) is 0 Å². The first kappa shape index (κ1) is 31.5. The van der Waals surface area contributed by atoms with Crippen molar-refractivity contribution in [2.45, 2.75) is 64.7 Å². The summed E-state index contributed by atoms with van der Waals surface area (Å²) >= 11 is 0. The van der Waals surface area contributed by atoms with E-state index in [4.69, 9.17) is 4.74 Å². The number of nitrogens with one attached hydrogen (secondary N) is 1. The van der Waals surface area contributed by atoms with Gasteiger partial charge in [-0.15, -0.1) is 0 Å². The van der Waals surface area contributed by atoms with Gasteiger partial charge in [0.25, 0.3) is 5.91 Å². The Kier molecular flexibility index (Phi) is 9.88. The van der Waals surface area contributed by atoms with Crippen LogP contribution in [0.1, 0.15) is 67.4 Å². The number of halogens is 3. The molecule has 2 saturated heterocycles. The fraction of sp³-hybridized carbons (Fsp3) is 0.441. The number of anilines is 2. The van der Waals surface area contributed by atoms with E-state index < -0.39 is 11.7 Å². The summed E-state index contributed by atoms with van der Waals surface area (Å²) in [5, 5.41) is 2.90. The zero-order valence-corrected chi connectivity index (χ0v) is 25.2. The number of ether oxygens (including phenoxy) is 1. The number of aromatic nitrogens is 1. The number of carbonyl (C=O) groups excluding carboxylic acids is 2. The highest BCUT2D eigenvalue weighted by atomic mass is 19.4. The number of esters is 1. The molecule has 44 heavy (non-hydrogen) atoms.